The molecule has 28 heavy (non-hydrogen) atoms. The Kier molecular flexibility index (Phi) is 4.49. The second-order valence-corrected chi connectivity index (χ2v) is 6.68. The minimum atomic E-state index is -0.417. The first-order valence-electron chi connectivity index (χ1n) is 8.97. The third-order valence-corrected chi connectivity index (χ3v) is 4.76. The number of carbonyl (C=O) groups excluding carboxylic acids is 3. The van der Waals surface area contributed by atoms with Gasteiger partial charge in [0.05, 0.1) is 22.4 Å². The average Bonchev–Trinajstić information content (AvgIpc) is 2.98. The van der Waals surface area contributed by atoms with E-state index in [4.69, 9.17) is 0 Å². The molecular formula is C23H18N2O3. The van der Waals surface area contributed by atoms with E-state index in [2.05, 4.69) is 5.32 Å². The summed E-state index contributed by atoms with van der Waals surface area (Å²) in [5.74, 6) is -1.17. The molecule has 0 saturated carbocycles. The third kappa shape index (κ3) is 3.07. The van der Waals surface area contributed by atoms with Gasteiger partial charge in [0.25, 0.3) is 17.7 Å². The SMILES string of the molecule is Cc1ccc(CNC(=O)c2ccccc2N2C(=O)c3ccccc3C2=O)cc1. The van der Waals surface area contributed by atoms with E-state index >= 15 is 0 Å². The predicted molar refractivity (Wildman–Crippen MR) is 106 cm³/mol. The molecule has 3 amide bonds. The summed E-state index contributed by atoms with van der Waals surface area (Å²) in [6.07, 6.45) is 0. The van der Waals surface area contributed by atoms with E-state index in [1.165, 1.54) is 0 Å². The number of aryl methyl sites for hydroxylation is 1. The molecule has 0 aliphatic carbocycles. The zero-order valence-corrected chi connectivity index (χ0v) is 15.3. The van der Waals surface area contributed by atoms with Crippen molar-refractivity contribution in [2.75, 3.05) is 4.90 Å². The van der Waals surface area contributed by atoms with Gasteiger partial charge < -0.3 is 5.32 Å². The molecule has 0 spiro atoms. The molecule has 138 valence electrons. The smallest absolute Gasteiger partial charge is 0.266 e. The predicted octanol–water partition coefficient (Wildman–Crippen LogP) is 3.73. The summed E-state index contributed by atoms with van der Waals surface area (Å²) in [5.41, 5.74) is 3.38. The summed E-state index contributed by atoms with van der Waals surface area (Å²) in [5, 5.41) is 2.86. The van der Waals surface area contributed by atoms with E-state index in [1.54, 1.807) is 48.5 Å². The highest BCUT2D eigenvalue weighted by molar-refractivity contribution is 6.35. The second kappa shape index (κ2) is 7.12. The lowest BCUT2D eigenvalue weighted by atomic mass is 10.1. The van der Waals surface area contributed by atoms with Gasteiger partial charge in [-0.2, -0.15) is 0 Å². The number of fused-ring (bicyclic) bond motifs is 1. The average molecular weight is 370 g/mol. The van der Waals surface area contributed by atoms with Crippen LogP contribution in [0.5, 0.6) is 0 Å². The standard InChI is InChI=1S/C23H18N2O3/c1-15-10-12-16(13-11-15)14-24-21(26)19-8-4-5-9-20(19)25-22(27)17-6-2-3-7-18(17)23(25)28/h2-13H,14H2,1H3,(H,24,26). The summed E-state index contributed by atoms with van der Waals surface area (Å²) in [6, 6.07) is 21.2. The van der Waals surface area contributed by atoms with Crippen molar-refractivity contribution in [1.29, 1.82) is 0 Å². The highest BCUT2D eigenvalue weighted by Crippen LogP contribution is 2.30. The normalized spacial score (nSPS) is 12.8. The molecule has 3 aromatic carbocycles. The molecule has 0 saturated heterocycles. The lowest BCUT2D eigenvalue weighted by Gasteiger charge is -2.18. The number of carbonyl (C=O) groups is 3. The highest BCUT2D eigenvalue weighted by atomic mass is 16.2. The second-order valence-electron chi connectivity index (χ2n) is 6.68. The van der Waals surface area contributed by atoms with E-state index in [0.29, 0.717) is 17.7 Å². The minimum Gasteiger partial charge on any atom is -0.348 e. The Labute approximate surface area is 162 Å². The summed E-state index contributed by atoms with van der Waals surface area (Å²) in [4.78, 5) is 39.4. The van der Waals surface area contributed by atoms with Crippen molar-refractivity contribution < 1.29 is 14.4 Å². The number of para-hydroxylation sites is 1. The van der Waals surface area contributed by atoms with Crippen molar-refractivity contribution in [3.63, 3.8) is 0 Å². The molecule has 0 fully saturated rings. The van der Waals surface area contributed by atoms with E-state index < -0.39 is 11.8 Å². The zero-order chi connectivity index (χ0) is 19.7. The van der Waals surface area contributed by atoms with Crippen molar-refractivity contribution in [2.45, 2.75) is 13.5 Å². The maximum absolute atomic E-state index is 12.8. The Hall–Kier alpha value is -3.73. The molecular weight excluding hydrogens is 352 g/mol. The fraction of sp³-hybridized carbons (Fsp3) is 0.0870. The van der Waals surface area contributed by atoms with Crippen LogP contribution < -0.4 is 10.2 Å². The fourth-order valence-corrected chi connectivity index (χ4v) is 3.25. The van der Waals surface area contributed by atoms with Crippen LogP contribution in [-0.4, -0.2) is 17.7 Å². The number of nitrogens with one attached hydrogen (secondary N) is 1. The Morgan fingerprint density at radius 2 is 1.39 bits per heavy atom. The van der Waals surface area contributed by atoms with Crippen LogP contribution in [0.3, 0.4) is 0 Å². The molecule has 3 aromatic rings. The molecule has 0 atom stereocenters. The van der Waals surface area contributed by atoms with Crippen LogP contribution in [-0.2, 0) is 6.54 Å². The Morgan fingerprint density at radius 3 is 2.04 bits per heavy atom. The maximum atomic E-state index is 12.8. The topological polar surface area (TPSA) is 66.5 Å². The monoisotopic (exact) mass is 370 g/mol. The van der Waals surface area contributed by atoms with Gasteiger partial charge in [-0.15, -0.1) is 0 Å². The molecule has 0 radical (unpaired) electrons. The van der Waals surface area contributed by atoms with Gasteiger partial charge in [0.2, 0.25) is 0 Å². The number of imide groups is 1. The van der Waals surface area contributed by atoms with Crippen molar-refractivity contribution in [3.05, 3.63) is 101 Å². The van der Waals surface area contributed by atoms with Crippen LogP contribution in [0, 0.1) is 6.92 Å². The first-order valence-corrected chi connectivity index (χ1v) is 8.97. The molecule has 1 aliphatic rings. The molecule has 0 unspecified atom stereocenters. The minimum absolute atomic E-state index is 0.282. The van der Waals surface area contributed by atoms with Gasteiger partial charge in [0.1, 0.15) is 0 Å². The zero-order valence-electron chi connectivity index (χ0n) is 15.3. The lowest BCUT2D eigenvalue weighted by Crippen LogP contribution is -2.32. The van der Waals surface area contributed by atoms with Gasteiger partial charge in [-0.05, 0) is 36.8 Å². The Balaban J connectivity index is 1.61. The molecule has 4 rings (SSSR count). The van der Waals surface area contributed by atoms with Gasteiger partial charge in [-0.1, -0.05) is 54.1 Å². The van der Waals surface area contributed by atoms with Gasteiger partial charge in [-0.3, -0.25) is 14.4 Å². The molecule has 0 aromatic heterocycles. The maximum Gasteiger partial charge on any atom is 0.266 e. The molecule has 1 aliphatic heterocycles. The molecule has 5 heteroatoms. The highest BCUT2D eigenvalue weighted by Gasteiger charge is 2.37. The summed E-state index contributed by atoms with van der Waals surface area (Å²) in [6.45, 7) is 2.36. The Bertz CT molecular complexity index is 1050. The van der Waals surface area contributed by atoms with Crippen LogP contribution in [0.25, 0.3) is 0 Å². The number of nitrogens with zero attached hydrogens (tertiary/aromatic N) is 1. The first-order chi connectivity index (χ1) is 13.6. The molecule has 5 nitrogen and oxygen atoms in total. The van der Waals surface area contributed by atoms with E-state index in [9.17, 15) is 14.4 Å². The van der Waals surface area contributed by atoms with Gasteiger partial charge in [-0.25, -0.2) is 4.90 Å². The van der Waals surface area contributed by atoms with E-state index in [1.807, 2.05) is 31.2 Å². The lowest BCUT2D eigenvalue weighted by molar-refractivity contribution is 0.0926. The number of hydrogen-bond acceptors (Lipinski definition) is 3. The van der Waals surface area contributed by atoms with Crippen LogP contribution >= 0.6 is 0 Å². The number of rotatable bonds is 4. The van der Waals surface area contributed by atoms with Crippen LogP contribution in [0.4, 0.5) is 5.69 Å². The van der Waals surface area contributed by atoms with Crippen LogP contribution in [0.1, 0.15) is 42.2 Å². The quantitative estimate of drug-likeness (QED) is 0.712. The molecule has 0 bridgehead atoms. The number of anilines is 1. The number of benzene rings is 3. The molecule has 1 heterocycles. The van der Waals surface area contributed by atoms with Crippen molar-refractivity contribution in [3.8, 4) is 0 Å². The first kappa shape index (κ1) is 17.7. The summed E-state index contributed by atoms with van der Waals surface area (Å²) >= 11 is 0. The van der Waals surface area contributed by atoms with Crippen molar-refractivity contribution in [1.82, 2.24) is 5.32 Å². The van der Waals surface area contributed by atoms with Crippen LogP contribution in [0.2, 0.25) is 0 Å². The van der Waals surface area contributed by atoms with Gasteiger partial charge >= 0.3 is 0 Å². The third-order valence-electron chi connectivity index (χ3n) is 4.76. The number of amides is 3. The van der Waals surface area contributed by atoms with E-state index in [-0.39, 0.29) is 17.2 Å². The number of hydrogen-bond donors (Lipinski definition) is 1. The Morgan fingerprint density at radius 1 is 0.821 bits per heavy atom. The molecule has 1 N–H and O–H groups in total. The van der Waals surface area contributed by atoms with Crippen molar-refractivity contribution >= 4 is 23.4 Å². The fourth-order valence-electron chi connectivity index (χ4n) is 3.25. The summed E-state index contributed by atoms with van der Waals surface area (Å²) in [7, 11) is 0. The van der Waals surface area contributed by atoms with Crippen LogP contribution in [0.15, 0.2) is 72.8 Å². The van der Waals surface area contributed by atoms with E-state index in [0.717, 1.165) is 16.0 Å². The van der Waals surface area contributed by atoms with Crippen molar-refractivity contribution in [2.24, 2.45) is 0 Å². The summed E-state index contributed by atoms with van der Waals surface area (Å²) < 4.78 is 0. The van der Waals surface area contributed by atoms with Gasteiger partial charge in [0.15, 0.2) is 0 Å². The largest absolute Gasteiger partial charge is 0.348 e. The van der Waals surface area contributed by atoms with Gasteiger partial charge in [0, 0.05) is 6.54 Å².